The fourth-order valence-corrected chi connectivity index (χ4v) is 2.84. The molecule has 3 rings (SSSR count). The minimum atomic E-state index is 0.914. The van der Waals surface area contributed by atoms with Crippen LogP contribution in [0.25, 0.3) is 0 Å². The van der Waals surface area contributed by atoms with E-state index in [1.807, 2.05) is 6.20 Å². The second kappa shape index (κ2) is 6.79. The highest BCUT2D eigenvalue weighted by atomic mass is 15.2. The van der Waals surface area contributed by atoms with E-state index < -0.39 is 0 Å². The summed E-state index contributed by atoms with van der Waals surface area (Å²) in [6, 6.07) is 12.7. The summed E-state index contributed by atoms with van der Waals surface area (Å²) in [4.78, 5) is 9.27. The molecule has 1 aliphatic rings. The number of pyridine rings is 1. The summed E-state index contributed by atoms with van der Waals surface area (Å²) < 4.78 is 0. The van der Waals surface area contributed by atoms with Gasteiger partial charge in [0.15, 0.2) is 0 Å². The SMILES string of the molecule is CCc1ccccc1Nc1cc(N2CCN(C)CC2)ccn1. The molecule has 1 aliphatic heterocycles. The number of benzene rings is 1. The monoisotopic (exact) mass is 296 g/mol. The Kier molecular flexibility index (Phi) is 4.59. The number of nitrogens with one attached hydrogen (secondary N) is 1. The fourth-order valence-electron chi connectivity index (χ4n) is 2.84. The number of piperazine rings is 1. The molecule has 0 spiro atoms. The van der Waals surface area contributed by atoms with Crippen LogP contribution in [0.2, 0.25) is 0 Å². The van der Waals surface area contributed by atoms with E-state index in [1.54, 1.807) is 0 Å². The Hall–Kier alpha value is -2.07. The van der Waals surface area contributed by atoms with Crippen molar-refractivity contribution in [1.29, 1.82) is 0 Å². The van der Waals surface area contributed by atoms with Gasteiger partial charge >= 0.3 is 0 Å². The molecule has 1 aromatic heterocycles. The standard InChI is InChI=1S/C18H24N4/c1-3-15-6-4-5-7-17(15)20-18-14-16(8-9-19-18)22-12-10-21(2)11-13-22/h4-9,14H,3,10-13H2,1-2H3,(H,19,20). The predicted octanol–water partition coefficient (Wildman–Crippen LogP) is 3.14. The molecule has 22 heavy (non-hydrogen) atoms. The first-order chi connectivity index (χ1) is 10.8. The quantitative estimate of drug-likeness (QED) is 0.939. The zero-order chi connectivity index (χ0) is 15.4. The molecule has 0 radical (unpaired) electrons. The number of para-hydroxylation sites is 1. The minimum absolute atomic E-state index is 0.914. The maximum atomic E-state index is 4.47. The van der Waals surface area contributed by atoms with Crippen LogP contribution in [0.3, 0.4) is 0 Å². The molecular formula is C18H24N4. The summed E-state index contributed by atoms with van der Waals surface area (Å²) in [6.07, 6.45) is 2.91. The van der Waals surface area contributed by atoms with Crippen LogP contribution in [0.15, 0.2) is 42.6 Å². The van der Waals surface area contributed by atoms with Crippen molar-refractivity contribution in [1.82, 2.24) is 9.88 Å². The van der Waals surface area contributed by atoms with E-state index in [9.17, 15) is 0 Å². The van der Waals surface area contributed by atoms with Crippen LogP contribution >= 0.6 is 0 Å². The van der Waals surface area contributed by atoms with Gasteiger partial charge < -0.3 is 15.1 Å². The van der Waals surface area contributed by atoms with Gasteiger partial charge in [0.2, 0.25) is 0 Å². The zero-order valence-electron chi connectivity index (χ0n) is 13.4. The Bertz CT molecular complexity index is 618. The van der Waals surface area contributed by atoms with E-state index in [4.69, 9.17) is 0 Å². The number of hydrogen-bond acceptors (Lipinski definition) is 4. The van der Waals surface area contributed by atoms with Crippen LogP contribution in [0.1, 0.15) is 12.5 Å². The van der Waals surface area contributed by atoms with E-state index in [0.29, 0.717) is 0 Å². The van der Waals surface area contributed by atoms with E-state index in [-0.39, 0.29) is 0 Å². The van der Waals surface area contributed by atoms with E-state index in [1.165, 1.54) is 11.3 Å². The topological polar surface area (TPSA) is 31.4 Å². The summed E-state index contributed by atoms with van der Waals surface area (Å²) in [5, 5.41) is 3.46. The van der Waals surface area contributed by atoms with Crippen molar-refractivity contribution >= 4 is 17.2 Å². The van der Waals surface area contributed by atoms with Gasteiger partial charge in [-0.3, -0.25) is 0 Å². The van der Waals surface area contributed by atoms with Crippen molar-refractivity contribution in [3.8, 4) is 0 Å². The third-order valence-corrected chi connectivity index (χ3v) is 4.27. The summed E-state index contributed by atoms with van der Waals surface area (Å²) >= 11 is 0. The third-order valence-electron chi connectivity index (χ3n) is 4.27. The first kappa shape index (κ1) is 14.9. The van der Waals surface area contributed by atoms with Gasteiger partial charge in [-0.05, 0) is 31.2 Å². The Labute approximate surface area is 132 Å². The lowest BCUT2D eigenvalue weighted by atomic mass is 10.1. The molecule has 0 amide bonds. The lowest BCUT2D eigenvalue weighted by Crippen LogP contribution is -2.44. The van der Waals surface area contributed by atoms with Crippen molar-refractivity contribution in [2.24, 2.45) is 0 Å². The van der Waals surface area contributed by atoms with E-state index in [0.717, 1.165) is 44.1 Å². The zero-order valence-corrected chi connectivity index (χ0v) is 13.4. The molecule has 0 aliphatic carbocycles. The average molecular weight is 296 g/mol. The maximum Gasteiger partial charge on any atom is 0.132 e. The van der Waals surface area contributed by atoms with Gasteiger partial charge in [-0.25, -0.2) is 4.98 Å². The normalized spacial score (nSPS) is 15.8. The van der Waals surface area contributed by atoms with E-state index in [2.05, 4.69) is 70.5 Å². The number of anilines is 3. The first-order valence-corrected chi connectivity index (χ1v) is 8.00. The maximum absolute atomic E-state index is 4.47. The first-order valence-electron chi connectivity index (χ1n) is 8.00. The van der Waals surface area contributed by atoms with Gasteiger partial charge in [0.1, 0.15) is 5.82 Å². The predicted molar refractivity (Wildman–Crippen MR) is 93.0 cm³/mol. The molecular weight excluding hydrogens is 272 g/mol. The second-order valence-electron chi connectivity index (χ2n) is 5.83. The number of nitrogens with zero attached hydrogens (tertiary/aromatic N) is 3. The molecule has 4 nitrogen and oxygen atoms in total. The molecule has 1 aromatic carbocycles. The molecule has 1 N–H and O–H groups in total. The lowest BCUT2D eigenvalue weighted by molar-refractivity contribution is 0.313. The summed E-state index contributed by atoms with van der Waals surface area (Å²) in [6.45, 7) is 6.55. The van der Waals surface area contributed by atoms with Crippen LogP contribution in [0.5, 0.6) is 0 Å². The Morgan fingerprint density at radius 3 is 2.64 bits per heavy atom. The van der Waals surface area contributed by atoms with Gasteiger partial charge in [-0.2, -0.15) is 0 Å². The van der Waals surface area contributed by atoms with Crippen LogP contribution in [0, 0.1) is 0 Å². The smallest absolute Gasteiger partial charge is 0.132 e. The fraction of sp³-hybridized carbons (Fsp3) is 0.389. The van der Waals surface area contributed by atoms with Crippen molar-refractivity contribution in [2.45, 2.75) is 13.3 Å². The van der Waals surface area contributed by atoms with Crippen LogP contribution in [0.4, 0.5) is 17.2 Å². The molecule has 0 atom stereocenters. The van der Waals surface area contributed by atoms with Gasteiger partial charge in [0, 0.05) is 49.8 Å². The Morgan fingerprint density at radius 1 is 1.09 bits per heavy atom. The van der Waals surface area contributed by atoms with Gasteiger partial charge in [-0.15, -0.1) is 0 Å². The Balaban J connectivity index is 1.76. The highest BCUT2D eigenvalue weighted by Crippen LogP contribution is 2.23. The highest BCUT2D eigenvalue weighted by Gasteiger charge is 2.14. The third kappa shape index (κ3) is 3.39. The molecule has 2 aromatic rings. The van der Waals surface area contributed by atoms with Crippen molar-refractivity contribution in [3.05, 3.63) is 48.2 Å². The highest BCUT2D eigenvalue weighted by molar-refractivity contribution is 5.64. The van der Waals surface area contributed by atoms with Crippen LogP contribution in [-0.2, 0) is 6.42 Å². The Morgan fingerprint density at radius 2 is 1.86 bits per heavy atom. The molecule has 0 unspecified atom stereocenters. The van der Waals surface area contributed by atoms with Gasteiger partial charge in [-0.1, -0.05) is 25.1 Å². The average Bonchev–Trinajstić information content (AvgIpc) is 2.56. The summed E-state index contributed by atoms with van der Waals surface area (Å²) in [5.74, 6) is 0.914. The molecule has 1 saturated heterocycles. The number of likely N-dealkylation sites (N-methyl/N-ethyl adjacent to an activating group) is 1. The number of aromatic nitrogens is 1. The second-order valence-corrected chi connectivity index (χ2v) is 5.83. The van der Waals surface area contributed by atoms with Crippen LogP contribution in [-0.4, -0.2) is 43.1 Å². The number of aryl methyl sites for hydroxylation is 1. The molecule has 0 bridgehead atoms. The minimum Gasteiger partial charge on any atom is -0.369 e. The van der Waals surface area contributed by atoms with Crippen LogP contribution < -0.4 is 10.2 Å². The number of rotatable bonds is 4. The largest absolute Gasteiger partial charge is 0.369 e. The molecule has 116 valence electrons. The number of hydrogen-bond donors (Lipinski definition) is 1. The molecule has 4 heteroatoms. The van der Waals surface area contributed by atoms with Crippen molar-refractivity contribution < 1.29 is 0 Å². The van der Waals surface area contributed by atoms with Gasteiger partial charge in [0.25, 0.3) is 0 Å². The molecule has 1 fully saturated rings. The molecule has 2 heterocycles. The molecule has 0 saturated carbocycles. The van der Waals surface area contributed by atoms with Gasteiger partial charge in [0.05, 0.1) is 0 Å². The summed E-state index contributed by atoms with van der Waals surface area (Å²) in [7, 11) is 2.18. The van der Waals surface area contributed by atoms with E-state index >= 15 is 0 Å². The summed E-state index contributed by atoms with van der Waals surface area (Å²) in [5.41, 5.74) is 3.71. The lowest BCUT2D eigenvalue weighted by Gasteiger charge is -2.34. The van der Waals surface area contributed by atoms with Crippen molar-refractivity contribution in [3.63, 3.8) is 0 Å². The van der Waals surface area contributed by atoms with Crippen molar-refractivity contribution in [2.75, 3.05) is 43.4 Å².